The van der Waals surface area contributed by atoms with Gasteiger partial charge in [0.1, 0.15) is 5.78 Å². The van der Waals surface area contributed by atoms with Crippen molar-refractivity contribution in [2.75, 3.05) is 0 Å². The molecule has 0 saturated carbocycles. The number of ketones is 1. The van der Waals surface area contributed by atoms with Gasteiger partial charge in [-0.1, -0.05) is 42.5 Å². The van der Waals surface area contributed by atoms with E-state index in [4.69, 9.17) is 4.42 Å². The molecule has 4 aromatic rings. The van der Waals surface area contributed by atoms with Crippen molar-refractivity contribution in [2.24, 2.45) is 0 Å². The molecule has 0 amide bonds. The summed E-state index contributed by atoms with van der Waals surface area (Å²) in [4.78, 5) is 20.7. The van der Waals surface area contributed by atoms with Gasteiger partial charge in [-0.05, 0) is 53.8 Å². The molecule has 0 aliphatic heterocycles. The van der Waals surface area contributed by atoms with Gasteiger partial charge >= 0.3 is 0 Å². The maximum atomic E-state index is 12.5. The average molecular weight is 382 g/mol. The number of benzene rings is 2. The minimum Gasteiger partial charge on any atom is -0.444 e. The zero-order valence-corrected chi connectivity index (χ0v) is 16.6. The third-order valence-corrected chi connectivity index (χ3v) is 5.12. The monoisotopic (exact) mass is 382 g/mol. The van der Waals surface area contributed by atoms with Crippen LogP contribution in [0.3, 0.4) is 0 Å². The molecule has 0 aliphatic rings. The van der Waals surface area contributed by atoms with Gasteiger partial charge in [0.15, 0.2) is 12.2 Å². The SMILES string of the molecule is Cc1ccc(-c2cnco2)cc1-c1ccc(CC(=O)Cc2cccnc2C)cc1. The molecule has 0 N–H and O–H groups in total. The van der Waals surface area contributed by atoms with Crippen LogP contribution in [0.2, 0.25) is 0 Å². The molecule has 0 unspecified atom stereocenters. The molecule has 0 radical (unpaired) electrons. The fraction of sp³-hybridized carbons (Fsp3) is 0.160. The molecule has 0 saturated heterocycles. The Hall–Kier alpha value is -3.53. The van der Waals surface area contributed by atoms with E-state index in [1.54, 1.807) is 12.4 Å². The third kappa shape index (κ3) is 4.32. The lowest BCUT2D eigenvalue weighted by molar-refractivity contribution is -0.117. The number of carbonyl (C=O) groups is 1. The van der Waals surface area contributed by atoms with E-state index in [9.17, 15) is 4.79 Å². The Labute approximate surface area is 170 Å². The topological polar surface area (TPSA) is 56.0 Å². The van der Waals surface area contributed by atoms with Crippen LogP contribution in [0.25, 0.3) is 22.5 Å². The Bertz CT molecular complexity index is 1130. The van der Waals surface area contributed by atoms with Crippen LogP contribution in [0.5, 0.6) is 0 Å². The minimum absolute atomic E-state index is 0.192. The number of Topliss-reactive ketones (excluding diaryl/α,β-unsaturated/α-hetero) is 1. The second kappa shape index (κ2) is 8.23. The van der Waals surface area contributed by atoms with Gasteiger partial charge in [0, 0.05) is 30.3 Å². The predicted molar refractivity (Wildman–Crippen MR) is 114 cm³/mol. The molecule has 4 rings (SSSR count). The van der Waals surface area contributed by atoms with Gasteiger partial charge in [0.2, 0.25) is 0 Å². The molecule has 4 heteroatoms. The molecule has 2 heterocycles. The Morgan fingerprint density at radius 3 is 2.48 bits per heavy atom. The molecule has 144 valence electrons. The number of hydrogen-bond acceptors (Lipinski definition) is 4. The Balaban J connectivity index is 1.50. The molecule has 0 bridgehead atoms. The van der Waals surface area contributed by atoms with Gasteiger partial charge in [-0.3, -0.25) is 9.78 Å². The molecule has 2 aromatic carbocycles. The lowest BCUT2D eigenvalue weighted by atomic mass is 9.95. The third-order valence-electron chi connectivity index (χ3n) is 5.12. The Morgan fingerprint density at radius 1 is 0.966 bits per heavy atom. The maximum Gasteiger partial charge on any atom is 0.181 e. The lowest BCUT2D eigenvalue weighted by Gasteiger charge is -2.09. The largest absolute Gasteiger partial charge is 0.444 e. The van der Waals surface area contributed by atoms with E-state index in [0.717, 1.165) is 39.3 Å². The maximum absolute atomic E-state index is 12.5. The van der Waals surface area contributed by atoms with E-state index in [1.807, 2.05) is 37.3 Å². The summed E-state index contributed by atoms with van der Waals surface area (Å²) in [7, 11) is 0. The van der Waals surface area contributed by atoms with Crippen molar-refractivity contribution >= 4 is 5.78 Å². The van der Waals surface area contributed by atoms with Gasteiger partial charge < -0.3 is 4.42 Å². The summed E-state index contributed by atoms with van der Waals surface area (Å²) >= 11 is 0. The van der Waals surface area contributed by atoms with Crippen LogP contribution in [-0.4, -0.2) is 15.8 Å². The number of aryl methyl sites for hydroxylation is 2. The fourth-order valence-electron chi connectivity index (χ4n) is 3.45. The van der Waals surface area contributed by atoms with E-state index in [1.165, 1.54) is 12.0 Å². The molecule has 4 nitrogen and oxygen atoms in total. The number of hydrogen-bond donors (Lipinski definition) is 0. The first-order valence-corrected chi connectivity index (χ1v) is 9.61. The van der Waals surface area contributed by atoms with Crippen molar-refractivity contribution in [3.8, 4) is 22.5 Å². The number of aromatic nitrogens is 2. The zero-order valence-electron chi connectivity index (χ0n) is 16.6. The minimum atomic E-state index is 0.192. The summed E-state index contributed by atoms with van der Waals surface area (Å²) in [6.07, 6.45) is 5.74. The van der Waals surface area contributed by atoms with E-state index < -0.39 is 0 Å². The highest BCUT2D eigenvalue weighted by molar-refractivity contribution is 5.83. The van der Waals surface area contributed by atoms with Crippen molar-refractivity contribution in [2.45, 2.75) is 26.7 Å². The van der Waals surface area contributed by atoms with Gasteiger partial charge in [0.25, 0.3) is 0 Å². The van der Waals surface area contributed by atoms with Crippen molar-refractivity contribution in [3.63, 3.8) is 0 Å². The zero-order chi connectivity index (χ0) is 20.2. The van der Waals surface area contributed by atoms with Crippen molar-refractivity contribution in [3.05, 3.63) is 95.8 Å². The van der Waals surface area contributed by atoms with Crippen molar-refractivity contribution in [1.29, 1.82) is 0 Å². The number of pyridine rings is 1. The lowest BCUT2D eigenvalue weighted by Crippen LogP contribution is -2.08. The van der Waals surface area contributed by atoms with E-state index in [-0.39, 0.29) is 5.78 Å². The quantitative estimate of drug-likeness (QED) is 0.449. The van der Waals surface area contributed by atoms with Crippen molar-refractivity contribution in [1.82, 2.24) is 9.97 Å². The smallest absolute Gasteiger partial charge is 0.181 e. The predicted octanol–water partition coefficient (Wildman–Crippen LogP) is 5.37. The number of nitrogens with zero attached hydrogens (tertiary/aromatic N) is 2. The highest BCUT2D eigenvalue weighted by Gasteiger charge is 2.10. The van der Waals surface area contributed by atoms with Crippen LogP contribution in [0.1, 0.15) is 22.4 Å². The fourth-order valence-corrected chi connectivity index (χ4v) is 3.45. The first kappa shape index (κ1) is 18.8. The van der Waals surface area contributed by atoms with Crippen LogP contribution >= 0.6 is 0 Å². The molecule has 0 spiro atoms. The standard InChI is InChI=1S/C25H22N2O2/c1-17-5-8-22(25-15-26-16-29-25)14-24(17)20-9-6-19(7-10-20)12-23(28)13-21-4-3-11-27-18(21)2/h3-11,14-16H,12-13H2,1-2H3. The van der Waals surface area contributed by atoms with Gasteiger partial charge in [-0.15, -0.1) is 0 Å². The summed E-state index contributed by atoms with van der Waals surface area (Å²) in [5.74, 6) is 0.941. The normalized spacial score (nSPS) is 10.8. The van der Waals surface area contributed by atoms with Crippen LogP contribution in [0, 0.1) is 13.8 Å². The van der Waals surface area contributed by atoms with Crippen LogP contribution in [0.15, 0.2) is 77.8 Å². The molecule has 0 fully saturated rings. The first-order valence-electron chi connectivity index (χ1n) is 9.61. The van der Waals surface area contributed by atoms with E-state index >= 15 is 0 Å². The second-order valence-electron chi connectivity index (χ2n) is 7.23. The molecule has 29 heavy (non-hydrogen) atoms. The van der Waals surface area contributed by atoms with Gasteiger partial charge in [0.05, 0.1) is 6.20 Å². The summed E-state index contributed by atoms with van der Waals surface area (Å²) in [6.45, 7) is 4.03. The summed E-state index contributed by atoms with van der Waals surface area (Å²) in [6, 6.07) is 18.3. The summed E-state index contributed by atoms with van der Waals surface area (Å²) in [5, 5.41) is 0. The molecular formula is C25H22N2O2. The molecular weight excluding hydrogens is 360 g/mol. The summed E-state index contributed by atoms with van der Waals surface area (Å²) < 4.78 is 5.42. The Morgan fingerprint density at radius 2 is 1.76 bits per heavy atom. The average Bonchev–Trinajstić information content (AvgIpc) is 3.26. The van der Waals surface area contributed by atoms with Crippen molar-refractivity contribution < 1.29 is 9.21 Å². The highest BCUT2D eigenvalue weighted by Crippen LogP contribution is 2.29. The van der Waals surface area contributed by atoms with Crippen LogP contribution < -0.4 is 0 Å². The van der Waals surface area contributed by atoms with E-state index in [2.05, 4.69) is 41.2 Å². The Kier molecular flexibility index (Phi) is 5.34. The first-order chi connectivity index (χ1) is 14.1. The van der Waals surface area contributed by atoms with Crippen LogP contribution in [-0.2, 0) is 17.6 Å². The van der Waals surface area contributed by atoms with Gasteiger partial charge in [-0.25, -0.2) is 4.98 Å². The second-order valence-corrected chi connectivity index (χ2v) is 7.23. The van der Waals surface area contributed by atoms with E-state index in [0.29, 0.717) is 12.8 Å². The van der Waals surface area contributed by atoms with Crippen LogP contribution in [0.4, 0.5) is 0 Å². The highest BCUT2D eigenvalue weighted by atomic mass is 16.3. The molecule has 0 aliphatic carbocycles. The molecule has 2 aromatic heterocycles. The number of oxazole rings is 1. The number of carbonyl (C=O) groups excluding carboxylic acids is 1. The van der Waals surface area contributed by atoms with Gasteiger partial charge in [-0.2, -0.15) is 0 Å². The summed E-state index contributed by atoms with van der Waals surface area (Å²) in [5.41, 5.74) is 7.36. The number of rotatable bonds is 6. The molecule has 0 atom stereocenters.